The first-order valence-corrected chi connectivity index (χ1v) is 11.1. The van der Waals surface area contributed by atoms with Crippen molar-refractivity contribution in [3.8, 4) is 5.75 Å². The van der Waals surface area contributed by atoms with Crippen LogP contribution in [0.15, 0.2) is 36.4 Å². The van der Waals surface area contributed by atoms with Gasteiger partial charge in [-0.3, -0.25) is 15.1 Å². The average Bonchev–Trinajstić information content (AvgIpc) is 2.82. The smallest absolute Gasteiger partial charge is 0.254 e. The van der Waals surface area contributed by atoms with Gasteiger partial charge in [0.25, 0.3) is 5.91 Å². The van der Waals surface area contributed by atoms with Gasteiger partial charge in [0.2, 0.25) is 0 Å². The van der Waals surface area contributed by atoms with E-state index in [9.17, 15) is 13.6 Å². The normalized spacial score (nSPS) is 14.2. The number of ether oxygens (including phenoxy) is 3. The standard InChI is InChI=1S/C24H30F2N4O4.2ClH/c1-2-33-22(24(31)29-15-16-3-5-17(6-4-16)23(27)28)21-19(25)13-18(14-20(21)26)34-12-9-30-7-10-32-11-8-30;;/h3-6,13-14,22H,2,7-12,15H2,1H3,(H3,27,28)(H,29,31);2*1H/t22-;;/m0../s1. The molecule has 2 aromatic rings. The predicted molar refractivity (Wildman–Crippen MR) is 137 cm³/mol. The van der Waals surface area contributed by atoms with Crippen molar-refractivity contribution in [3.05, 3.63) is 64.7 Å². The molecule has 0 aromatic heterocycles. The minimum Gasteiger partial charge on any atom is -0.492 e. The molecule has 0 unspecified atom stereocenters. The second-order valence-electron chi connectivity index (χ2n) is 7.77. The van der Waals surface area contributed by atoms with Gasteiger partial charge in [-0.2, -0.15) is 0 Å². The van der Waals surface area contributed by atoms with Crippen molar-refractivity contribution >= 4 is 36.6 Å². The van der Waals surface area contributed by atoms with Crippen LogP contribution in [0.2, 0.25) is 0 Å². The van der Waals surface area contributed by atoms with Crippen LogP contribution >= 0.6 is 24.8 Å². The number of nitrogens with zero attached hydrogens (tertiary/aromatic N) is 1. The van der Waals surface area contributed by atoms with Crippen LogP contribution in [0.5, 0.6) is 5.75 Å². The summed E-state index contributed by atoms with van der Waals surface area (Å²) in [6.45, 7) is 5.62. The summed E-state index contributed by atoms with van der Waals surface area (Å²) in [4.78, 5) is 14.9. The van der Waals surface area contributed by atoms with E-state index >= 15 is 0 Å². The third-order valence-corrected chi connectivity index (χ3v) is 5.40. The Morgan fingerprint density at radius 1 is 1.17 bits per heavy atom. The highest BCUT2D eigenvalue weighted by Crippen LogP contribution is 2.28. The Labute approximate surface area is 221 Å². The van der Waals surface area contributed by atoms with E-state index in [1.807, 2.05) is 0 Å². The lowest BCUT2D eigenvalue weighted by atomic mass is 10.1. The lowest BCUT2D eigenvalue weighted by Gasteiger charge is -2.26. The van der Waals surface area contributed by atoms with Crippen LogP contribution in [0.25, 0.3) is 0 Å². The van der Waals surface area contributed by atoms with Gasteiger partial charge >= 0.3 is 0 Å². The fourth-order valence-electron chi connectivity index (χ4n) is 3.55. The quantitative estimate of drug-likeness (QED) is 0.294. The zero-order chi connectivity index (χ0) is 24.5. The van der Waals surface area contributed by atoms with Gasteiger partial charge in [0.1, 0.15) is 29.8 Å². The van der Waals surface area contributed by atoms with E-state index < -0.39 is 29.2 Å². The molecular weight excluding hydrogens is 517 g/mol. The summed E-state index contributed by atoms with van der Waals surface area (Å²) < 4.78 is 46.0. The molecule has 36 heavy (non-hydrogen) atoms. The predicted octanol–water partition coefficient (Wildman–Crippen LogP) is 3.20. The molecule has 0 spiro atoms. The van der Waals surface area contributed by atoms with Crippen molar-refractivity contribution in [1.29, 1.82) is 5.41 Å². The van der Waals surface area contributed by atoms with Crippen LogP contribution in [0, 0.1) is 17.0 Å². The largest absolute Gasteiger partial charge is 0.492 e. The Morgan fingerprint density at radius 2 is 1.78 bits per heavy atom. The van der Waals surface area contributed by atoms with E-state index in [4.69, 9.17) is 25.4 Å². The number of nitrogens with one attached hydrogen (secondary N) is 2. The summed E-state index contributed by atoms with van der Waals surface area (Å²) in [6, 6.07) is 8.85. The number of nitrogen functional groups attached to an aromatic ring is 1. The number of amidine groups is 1. The second kappa shape index (κ2) is 15.6. The fraction of sp³-hybridized carbons (Fsp3) is 0.417. The molecule has 3 rings (SSSR count). The molecule has 2 aromatic carbocycles. The number of morpholine rings is 1. The first-order valence-electron chi connectivity index (χ1n) is 11.1. The SMILES string of the molecule is CCO[C@H](C(=O)NCc1ccc(C(=N)N)cc1)c1c(F)cc(OCCN2CCOCC2)cc1F.Cl.Cl. The second-order valence-corrected chi connectivity index (χ2v) is 7.77. The van der Waals surface area contributed by atoms with Crippen molar-refractivity contribution in [2.24, 2.45) is 5.73 Å². The number of carbonyl (C=O) groups excluding carboxylic acids is 1. The molecule has 12 heteroatoms. The number of halogens is 4. The molecule has 1 aliphatic rings. The Hall–Kier alpha value is -2.50. The van der Waals surface area contributed by atoms with Gasteiger partial charge in [-0.15, -0.1) is 24.8 Å². The summed E-state index contributed by atoms with van der Waals surface area (Å²) >= 11 is 0. The summed E-state index contributed by atoms with van der Waals surface area (Å²) in [6.07, 6.45) is -1.45. The topological polar surface area (TPSA) is 110 Å². The number of carbonyl (C=O) groups is 1. The van der Waals surface area contributed by atoms with E-state index in [0.717, 1.165) is 30.8 Å². The maximum absolute atomic E-state index is 14.9. The van der Waals surface area contributed by atoms with Gasteiger partial charge in [0, 0.05) is 50.5 Å². The summed E-state index contributed by atoms with van der Waals surface area (Å²) in [5.74, 6) is -2.52. The molecule has 1 atom stereocenters. The van der Waals surface area contributed by atoms with Gasteiger partial charge in [-0.05, 0) is 12.5 Å². The zero-order valence-electron chi connectivity index (χ0n) is 19.9. The Morgan fingerprint density at radius 3 is 2.33 bits per heavy atom. The van der Waals surface area contributed by atoms with E-state index in [0.29, 0.717) is 25.3 Å². The zero-order valence-corrected chi connectivity index (χ0v) is 21.6. The molecule has 200 valence electrons. The van der Waals surface area contributed by atoms with Crippen molar-refractivity contribution in [1.82, 2.24) is 10.2 Å². The highest BCUT2D eigenvalue weighted by Gasteiger charge is 2.28. The summed E-state index contributed by atoms with van der Waals surface area (Å²) in [5.41, 5.74) is 6.26. The summed E-state index contributed by atoms with van der Waals surface area (Å²) in [5, 5.41) is 10.1. The number of hydrogen-bond acceptors (Lipinski definition) is 6. The number of nitrogens with two attached hydrogens (primary N) is 1. The lowest BCUT2D eigenvalue weighted by Crippen LogP contribution is -2.38. The Bertz CT molecular complexity index is 970. The molecule has 4 N–H and O–H groups in total. The molecule has 8 nitrogen and oxygen atoms in total. The van der Waals surface area contributed by atoms with E-state index in [2.05, 4.69) is 10.2 Å². The van der Waals surface area contributed by atoms with Crippen molar-refractivity contribution in [3.63, 3.8) is 0 Å². The molecule has 1 aliphatic heterocycles. The monoisotopic (exact) mass is 548 g/mol. The third-order valence-electron chi connectivity index (χ3n) is 5.40. The average molecular weight is 549 g/mol. The van der Waals surface area contributed by atoms with Gasteiger partial charge < -0.3 is 25.3 Å². The number of benzene rings is 2. The van der Waals surface area contributed by atoms with Crippen LogP contribution in [0.1, 0.15) is 29.7 Å². The van der Waals surface area contributed by atoms with E-state index in [1.54, 1.807) is 31.2 Å². The molecule has 1 heterocycles. The molecular formula is C24H32Cl2F2N4O4. The molecule has 0 saturated carbocycles. The van der Waals surface area contributed by atoms with E-state index in [-0.39, 0.29) is 56.2 Å². The van der Waals surface area contributed by atoms with Crippen molar-refractivity contribution in [2.45, 2.75) is 19.6 Å². The molecule has 0 radical (unpaired) electrons. The first-order chi connectivity index (χ1) is 16.4. The highest BCUT2D eigenvalue weighted by atomic mass is 35.5. The third kappa shape index (κ3) is 8.86. The van der Waals surface area contributed by atoms with Crippen molar-refractivity contribution < 1.29 is 27.8 Å². The molecule has 0 aliphatic carbocycles. The van der Waals surface area contributed by atoms with Crippen LogP contribution in [-0.2, 0) is 20.8 Å². The number of amides is 1. The Kier molecular flexibility index (Phi) is 13.6. The Balaban J connectivity index is 0.00000324. The van der Waals surface area contributed by atoms with Crippen LogP contribution < -0.4 is 15.8 Å². The minimum atomic E-state index is -1.45. The van der Waals surface area contributed by atoms with Gasteiger partial charge in [0.15, 0.2) is 6.10 Å². The summed E-state index contributed by atoms with van der Waals surface area (Å²) in [7, 11) is 0. The number of hydrogen-bond donors (Lipinski definition) is 3. The maximum atomic E-state index is 14.9. The lowest BCUT2D eigenvalue weighted by molar-refractivity contribution is -0.133. The van der Waals surface area contributed by atoms with Crippen LogP contribution in [0.3, 0.4) is 0 Å². The fourth-order valence-corrected chi connectivity index (χ4v) is 3.55. The highest BCUT2D eigenvalue weighted by molar-refractivity contribution is 5.94. The van der Waals surface area contributed by atoms with Crippen LogP contribution in [0.4, 0.5) is 8.78 Å². The molecule has 1 saturated heterocycles. The molecule has 1 fully saturated rings. The van der Waals surface area contributed by atoms with Gasteiger partial charge in [-0.25, -0.2) is 8.78 Å². The molecule has 0 bridgehead atoms. The van der Waals surface area contributed by atoms with E-state index in [1.165, 1.54) is 0 Å². The molecule has 1 amide bonds. The minimum absolute atomic E-state index is 0. The first kappa shape index (κ1) is 31.5. The number of rotatable bonds is 11. The van der Waals surface area contributed by atoms with Gasteiger partial charge in [-0.1, -0.05) is 24.3 Å². The van der Waals surface area contributed by atoms with Crippen molar-refractivity contribution in [2.75, 3.05) is 46.1 Å². The van der Waals surface area contributed by atoms with Crippen LogP contribution in [-0.4, -0.2) is 62.7 Å². The van der Waals surface area contributed by atoms with Gasteiger partial charge in [0.05, 0.1) is 18.8 Å². The maximum Gasteiger partial charge on any atom is 0.254 e.